The second kappa shape index (κ2) is 6.12. The Kier molecular flexibility index (Phi) is 4.24. The van der Waals surface area contributed by atoms with E-state index in [1.807, 2.05) is 0 Å². The van der Waals surface area contributed by atoms with E-state index in [0.29, 0.717) is 5.35 Å². The van der Waals surface area contributed by atoms with Gasteiger partial charge < -0.3 is 10.6 Å². The van der Waals surface area contributed by atoms with E-state index in [2.05, 4.69) is 41.4 Å². The van der Waals surface area contributed by atoms with Crippen molar-refractivity contribution in [3.05, 3.63) is 16.3 Å². The van der Waals surface area contributed by atoms with Gasteiger partial charge in [0.2, 0.25) is 0 Å². The molecule has 2 N–H and O–H groups in total. The third kappa shape index (κ3) is 2.97. The van der Waals surface area contributed by atoms with Crippen molar-refractivity contribution in [2.75, 3.05) is 19.6 Å². The number of hydrogen-bond acceptors (Lipinski definition) is 6. The van der Waals surface area contributed by atoms with Gasteiger partial charge in [0.15, 0.2) is 0 Å². The van der Waals surface area contributed by atoms with Crippen LogP contribution in [0.2, 0.25) is 0 Å². The number of fused-ring (bicyclic) bond motifs is 1. The summed E-state index contributed by atoms with van der Waals surface area (Å²) in [6, 6.07) is 0. The van der Waals surface area contributed by atoms with Crippen molar-refractivity contribution in [1.29, 1.82) is 0 Å². The molecule has 1 unspecified atom stereocenters. The highest BCUT2D eigenvalue weighted by atomic mass is 32.1. The molecule has 20 heavy (non-hydrogen) atoms. The van der Waals surface area contributed by atoms with E-state index in [9.17, 15) is 0 Å². The van der Waals surface area contributed by atoms with Gasteiger partial charge in [0.25, 0.3) is 0 Å². The van der Waals surface area contributed by atoms with E-state index < -0.39 is 0 Å². The molecule has 0 radical (unpaired) electrons. The lowest BCUT2D eigenvalue weighted by Crippen LogP contribution is -2.33. The molecule has 1 aliphatic rings. The smallest absolute Gasteiger partial charge is 0.147 e. The van der Waals surface area contributed by atoms with Crippen LogP contribution >= 0.6 is 20.6 Å². The number of nitrogens with zero attached hydrogens (tertiary/aromatic N) is 3. The summed E-state index contributed by atoms with van der Waals surface area (Å²) in [5.74, 6) is 0.740. The molecule has 3 rings (SSSR count). The minimum atomic E-state index is 0.689. The van der Waals surface area contributed by atoms with Gasteiger partial charge in [-0.3, -0.25) is 0 Å². The number of thiazole rings is 1. The average molecular weight is 307 g/mol. The third-order valence-corrected chi connectivity index (χ3v) is 5.22. The molecular formula is C13H18N5PS. The topological polar surface area (TPSA) is 62.7 Å². The molecule has 1 saturated heterocycles. The molecule has 2 aromatic heterocycles. The molecular weight excluding hydrogens is 289 g/mol. The molecule has 1 fully saturated rings. The van der Waals surface area contributed by atoms with Gasteiger partial charge in [-0.15, -0.1) is 0 Å². The molecule has 0 amide bonds. The van der Waals surface area contributed by atoms with Crippen LogP contribution in [0.4, 0.5) is 0 Å². The van der Waals surface area contributed by atoms with E-state index in [4.69, 9.17) is 0 Å². The Morgan fingerprint density at radius 3 is 3.00 bits per heavy atom. The maximum Gasteiger partial charge on any atom is 0.147 e. The Bertz CT molecular complexity index is 707. The molecule has 5 nitrogen and oxygen atoms in total. The molecule has 106 valence electrons. The van der Waals surface area contributed by atoms with Crippen LogP contribution in [0.25, 0.3) is 22.4 Å². The van der Waals surface area contributed by atoms with Gasteiger partial charge in [-0.25, -0.2) is 15.0 Å². The Morgan fingerprint density at radius 1 is 1.45 bits per heavy atom. The van der Waals surface area contributed by atoms with Crippen LogP contribution in [-0.4, -0.2) is 34.6 Å². The normalized spacial score (nSPS) is 18.2. The van der Waals surface area contributed by atoms with Crippen LogP contribution in [0.5, 0.6) is 0 Å². The maximum absolute atomic E-state index is 4.57. The lowest BCUT2D eigenvalue weighted by molar-refractivity contribution is 0.371. The van der Waals surface area contributed by atoms with Gasteiger partial charge in [-0.2, -0.15) is 0 Å². The Labute approximate surface area is 123 Å². The van der Waals surface area contributed by atoms with E-state index >= 15 is 0 Å². The van der Waals surface area contributed by atoms with Gasteiger partial charge in [0.05, 0.1) is 10.8 Å². The fourth-order valence-corrected chi connectivity index (χ4v) is 3.55. The van der Waals surface area contributed by atoms with Crippen LogP contribution in [0.3, 0.4) is 0 Å². The molecule has 0 spiro atoms. The highest BCUT2D eigenvalue weighted by Crippen LogP contribution is 2.13. The quantitative estimate of drug-likeness (QED) is 0.783. The first-order valence-electron chi connectivity index (χ1n) is 6.75. The van der Waals surface area contributed by atoms with Crippen LogP contribution in [0.15, 0.2) is 6.33 Å². The average Bonchev–Trinajstić information content (AvgIpc) is 2.91. The van der Waals surface area contributed by atoms with Crippen molar-refractivity contribution in [3.8, 4) is 0 Å². The van der Waals surface area contributed by atoms with Gasteiger partial charge in [-0.05, 0) is 31.8 Å². The van der Waals surface area contributed by atoms with Gasteiger partial charge >= 0.3 is 0 Å². The second-order valence-corrected chi connectivity index (χ2v) is 6.54. The fraction of sp³-hybridized carbons (Fsp3) is 0.462. The van der Waals surface area contributed by atoms with Gasteiger partial charge in [0.1, 0.15) is 21.3 Å². The standard InChI is InChI=1S/C13H18N5PS/c1-8-10-12(17-7-16-8)20-13(18-10)11(19)15-6-9-2-4-14-5-3-9/h7,9,14-15H,1-6,19H2. The first-order chi connectivity index (χ1) is 9.74. The SMILES string of the molecule is C=c1ncnc2sc(=C(P)NCC3CCNCC3)nc12. The summed E-state index contributed by atoms with van der Waals surface area (Å²) < 4.78 is 0.948. The molecule has 2 aromatic rings. The summed E-state index contributed by atoms with van der Waals surface area (Å²) in [6.07, 6.45) is 4.01. The summed E-state index contributed by atoms with van der Waals surface area (Å²) in [7, 11) is 2.75. The van der Waals surface area contributed by atoms with Crippen LogP contribution in [0, 0.1) is 5.92 Å². The lowest BCUT2D eigenvalue weighted by Gasteiger charge is -2.23. The zero-order chi connectivity index (χ0) is 13.9. The van der Waals surface area contributed by atoms with Gasteiger partial charge in [-0.1, -0.05) is 27.2 Å². The molecule has 1 aliphatic heterocycles. The highest BCUT2D eigenvalue weighted by Gasteiger charge is 2.12. The molecule has 1 atom stereocenters. The first kappa shape index (κ1) is 13.9. The maximum atomic E-state index is 4.57. The predicted octanol–water partition coefficient (Wildman–Crippen LogP) is 0.0266. The number of piperidine rings is 1. The summed E-state index contributed by atoms with van der Waals surface area (Å²) in [5.41, 5.74) is 1.84. The van der Waals surface area contributed by atoms with Crippen molar-refractivity contribution < 1.29 is 0 Å². The number of hydrogen-bond donors (Lipinski definition) is 2. The van der Waals surface area contributed by atoms with Crippen molar-refractivity contribution in [2.45, 2.75) is 12.8 Å². The number of rotatable bonds is 3. The van der Waals surface area contributed by atoms with E-state index in [1.165, 1.54) is 19.2 Å². The minimum absolute atomic E-state index is 0.689. The zero-order valence-corrected chi connectivity index (χ0v) is 13.2. The molecule has 0 aromatic carbocycles. The summed E-state index contributed by atoms with van der Waals surface area (Å²) in [5, 5.41) is 7.55. The zero-order valence-electron chi connectivity index (χ0n) is 11.2. The van der Waals surface area contributed by atoms with Crippen molar-refractivity contribution in [2.24, 2.45) is 5.92 Å². The van der Waals surface area contributed by atoms with Gasteiger partial charge in [0, 0.05) is 6.54 Å². The van der Waals surface area contributed by atoms with E-state index in [1.54, 1.807) is 11.3 Å². The van der Waals surface area contributed by atoms with Crippen LogP contribution < -0.4 is 20.6 Å². The minimum Gasteiger partial charge on any atom is -0.383 e. The second-order valence-electron chi connectivity index (χ2n) is 4.98. The summed E-state index contributed by atoms with van der Waals surface area (Å²) >= 11 is 1.57. The Balaban J connectivity index is 1.80. The van der Waals surface area contributed by atoms with Crippen molar-refractivity contribution in [3.63, 3.8) is 0 Å². The molecule has 0 bridgehead atoms. The number of nitrogens with one attached hydrogen (secondary N) is 2. The van der Waals surface area contributed by atoms with Crippen LogP contribution in [0.1, 0.15) is 12.8 Å². The van der Waals surface area contributed by atoms with E-state index in [-0.39, 0.29) is 0 Å². The first-order valence-corrected chi connectivity index (χ1v) is 8.14. The predicted molar refractivity (Wildman–Crippen MR) is 86.7 cm³/mol. The monoisotopic (exact) mass is 307 g/mol. The van der Waals surface area contributed by atoms with Crippen molar-refractivity contribution in [1.82, 2.24) is 25.6 Å². The third-order valence-electron chi connectivity index (χ3n) is 3.54. The molecule has 7 heteroatoms. The summed E-state index contributed by atoms with van der Waals surface area (Å²) in [6.45, 7) is 7.14. The Morgan fingerprint density at radius 2 is 2.25 bits per heavy atom. The highest BCUT2D eigenvalue weighted by molar-refractivity contribution is 7.31. The Hall–Kier alpha value is -1.10. The number of aromatic nitrogens is 3. The molecule has 0 aliphatic carbocycles. The van der Waals surface area contributed by atoms with Crippen molar-refractivity contribution >= 4 is 42.9 Å². The summed E-state index contributed by atoms with van der Waals surface area (Å²) in [4.78, 5) is 13.8. The largest absolute Gasteiger partial charge is 0.383 e. The molecule has 0 saturated carbocycles. The van der Waals surface area contributed by atoms with E-state index in [0.717, 1.165) is 46.0 Å². The fourth-order valence-electron chi connectivity index (χ4n) is 2.33. The molecule has 3 heterocycles. The van der Waals surface area contributed by atoms with Crippen LogP contribution in [-0.2, 0) is 0 Å². The lowest BCUT2D eigenvalue weighted by atomic mass is 9.98.